The number of piperidine rings is 1. The molecule has 0 unspecified atom stereocenters. The molecule has 31 heavy (non-hydrogen) atoms. The van der Waals surface area contributed by atoms with Gasteiger partial charge in [-0.25, -0.2) is 4.39 Å². The van der Waals surface area contributed by atoms with Crippen molar-refractivity contribution in [1.29, 1.82) is 0 Å². The maximum Gasteiger partial charge on any atom is 0.416 e. The molecule has 1 aromatic rings. The van der Waals surface area contributed by atoms with Crippen LogP contribution < -0.4 is 5.32 Å². The fraction of sp³-hybridized carbons (Fsp3) is 0.696. The monoisotopic (exact) mass is 441 g/mol. The van der Waals surface area contributed by atoms with Gasteiger partial charge in [0.25, 0.3) is 5.91 Å². The molecule has 3 fully saturated rings. The van der Waals surface area contributed by atoms with Gasteiger partial charge in [-0.15, -0.1) is 0 Å². The maximum absolute atomic E-state index is 13.5. The summed E-state index contributed by atoms with van der Waals surface area (Å²) in [6.07, 6.45) is 2.55. The van der Waals surface area contributed by atoms with E-state index in [0.29, 0.717) is 30.6 Å². The summed E-state index contributed by atoms with van der Waals surface area (Å²) in [4.78, 5) is 17.5. The van der Waals surface area contributed by atoms with Crippen molar-refractivity contribution in [3.8, 4) is 0 Å². The van der Waals surface area contributed by atoms with Crippen molar-refractivity contribution in [3.05, 3.63) is 35.1 Å². The summed E-state index contributed by atoms with van der Waals surface area (Å²) >= 11 is 0. The number of benzene rings is 1. The predicted octanol–water partition coefficient (Wildman–Crippen LogP) is 4.16. The minimum atomic E-state index is -4.68. The number of halogens is 4. The number of likely N-dealkylation sites (tertiary alicyclic amines) is 2. The first-order valence-electron chi connectivity index (χ1n) is 11.4. The van der Waals surface area contributed by atoms with Crippen molar-refractivity contribution in [2.24, 2.45) is 11.8 Å². The van der Waals surface area contributed by atoms with Crippen molar-refractivity contribution >= 4 is 5.91 Å². The van der Waals surface area contributed by atoms with Gasteiger partial charge in [0.2, 0.25) is 0 Å². The van der Waals surface area contributed by atoms with Crippen LogP contribution in [-0.2, 0) is 6.18 Å². The summed E-state index contributed by atoms with van der Waals surface area (Å²) in [6.45, 7) is 5.94. The zero-order valence-corrected chi connectivity index (χ0v) is 17.8. The van der Waals surface area contributed by atoms with Gasteiger partial charge in [-0.2, -0.15) is 13.2 Å². The van der Waals surface area contributed by atoms with Crippen molar-refractivity contribution in [3.63, 3.8) is 0 Å². The Bertz CT molecular complexity index is 773. The molecule has 0 bridgehead atoms. The predicted molar refractivity (Wildman–Crippen MR) is 110 cm³/mol. The summed E-state index contributed by atoms with van der Waals surface area (Å²) in [5, 5.41) is 2.70. The van der Waals surface area contributed by atoms with Gasteiger partial charge in [-0.3, -0.25) is 9.69 Å². The van der Waals surface area contributed by atoms with Crippen LogP contribution in [0.15, 0.2) is 18.2 Å². The van der Waals surface area contributed by atoms with Gasteiger partial charge in [0, 0.05) is 31.2 Å². The number of amides is 1. The summed E-state index contributed by atoms with van der Waals surface area (Å²) in [5.74, 6) is -0.507. The van der Waals surface area contributed by atoms with Crippen LogP contribution >= 0.6 is 0 Å². The Balaban J connectivity index is 1.21. The van der Waals surface area contributed by atoms with Crippen molar-refractivity contribution in [2.45, 2.75) is 50.7 Å². The average Bonchev–Trinajstić information content (AvgIpc) is 3.44. The fourth-order valence-electron chi connectivity index (χ4n) is 4.87. The van der Waals surface area contributed by atoms with Gasteiger partial charge in [-0.1, -0.05) is 0 Å². The van der Waals surface area contributed by atoms with E-state index in [1.807, 2.05) is 0 Å². The lowest BCUT2D eigenvalue weighted by Gasteiger charge is -2.36. The molecule has 0 aromatic heterocycles. The Labute approximate surface area is 181 Å². The summed E-state index contributed by atoms with van der Waals surface area (Å²) in [7, 11) is 0. The number of alkyl halides is 3. The van der Waals surface area contributed by atoms with Gasteiger partial charge in [-0.05, 0) is 88.2 Å². The van der Waals surface area contributed by atoms with Crippen LogP contribution in [0.2, 0.25) is 0 Å². The molecule has 1 saturated carbocycles. The van der Waals surface area contributed by atoms with E-state index in [9.17, 15) is 22.4 Å². The summed E-state index contributed by atoms with van der Waals surface area (Å²) in [6, 6.07) is 2.62. The van der Waals surface area contributed by atoms with E-state index in [-0.39, 0.29) is 5.56 Å². The molecular weight excluding hydrogens is 410 g/mol. The third-order valence-electron chi connectivity index (χ3n) is 6.90. The van der Waals surface area contributed by atoms with Crippen LogP contribution in [-0.4, -0.2) is 61.0 Å². The highest BCUT2D eigenvalue weighted by Crippen LogP contribution is 2.33. The SMILES string of the molecule is O=C(NCC1CCN(C[C@@H]2CCCN2CC2CC2)CC1)c1cc(F)cc(C(F)(F)F)c1. The molecule has 4 rings (SSSR count). The first-order chi connectivity index (χ1) is 14.8. The molecule has 1 N–H and O–H groups in total. The Morgan fingerprint density at radius 3 is 2.39 bits per heavy atom. The summed E-state index contributed by atoms with van der Waals surface area (Å²) in [5.41, 5.74) is -1.43. The second-order valence-corrected chi connectivity index (χ2v) is 9.41. The normalized spacial score (nSPS) is 23.9. The first-order valence-corrected chi connectivity index (χ1v) is 11.4. The molecule has 2 heterocycles. The Hall–Kier alpha value is -1.67. The number of nitrogens with zero attached hydrogens (tertiary/aromatic N) is 2. The smallest absolute Gasteiger partial charge is 0.352 e. The molecule has 172 valence electrons. The molecular formula is C23H31F4N3O. The van der Waals surface area contributed by atoms with Crippen LogP contribution in [0.25, 0.3) is 0 Å². The largest absolute Gasteiger partial charge is 0.416 e. The Morgan fingerprint density at radius 2 is 1.71 bits per heavy atom. The maximum atomic E-state index is 13.5. The van der Waals surface area contributed by atoms with Crippen LogP contribution in [0.5, 0.6) is 0 Å². The van der Waals surface area contributed by atoms with E-state index in [0.717, 1.165) is 44.5 Å². The third kappa shape index (κ3) is 6.19. The molecule has 1 atom stereocenters. The lowest BCUT2D eigenvalue weighted by molar-refractivity contribution is -0.137. The summed E-state index contributed by atoms with van der Waals surface area (Å²) < 4.78 is 52.1. The number of rotatable bonds is 7. The van der Waals surface area contributed by atoms with Gasteiger partial charge in [0.05, 0.1) is 5.56 Å². The first kappa shape index (κ1) is 22.5. The molecule has 1 aromatic carbocycles. The fourth-order valence-corrected chi connectivity index (χ4v) is 4.87. The Morgan fingerprint density at radius 1 is 0.968 bits per heavy atom. The van der Waals surface area contributed by atoms with Gasteiger partial charge in [0.15, 0.2) is 0 Å². The van der Waals surface area contributed by atoms with E-state index in [4.69, 9.17) is 0 Å². The molecule has 4 nitrogen and oxygen atoms in total. The molecule has 0 radical (unpaired) electrons. The van der Waals surface area contributed by atoms with Gasteiger partial charge < -0.3 is 10.2 Å². The van der Waals surface area contributed by atoms with E-state index in [1.165, 1.54) is 38.8 Å². The molecule has 8 heteroatoms. The number of hydrogen-bond acceptors (Lipinski definition) is 3. The molecule has 2 aliphatic heterocycles. The minimum absolute atomic E-state index is 0.290. The van der Waals surface area contributed by atoms with E-state index < -0.39 is 23.5 Å². The van der Waals surface area contributed by atoms with E-state index in [2.05, 4.69) is 15.1 Å². The zero-order chi connectivity index (χ0) is 22.0. The van der Waals surface area contributed by atoms with Crippen LogP contribution in [0, 0.1) is 17.7 Å². The number of nitrogens with one attached hydrogen (secondary N) is 1. The molecule has 3 aliphatic rings. The topological polar surface area (TPSA) is 35.6 Å². The van der Waals surface area contributed by atoms with E-state index in [1.54, 1.807) is 0 Å². The quantitative estimate of drug-likeness (QED) is 0.646. The van der Waals surface area contributed by atoms with Crippen molar-refractivity contribution in [2.75, 3.05) is 39.3 Å². The van der Waals surface area contributed by atoms with Gasteiger partial charge in [0.1, 0.15) is 5.82 Å². The van der Waals surface area contributed by atoms with Crippen LogP contribution in [0.1, 0.15) is 54.4 Å². The lowest BCUT2D eigenvalue weighted by Crippen LogP contribution is -2.45. The van der Waals surface area contributed by atoms with Crippen LogP contribution in [0.4, 0.5) is 17.6 Å². The Kier molecular flexibility index (Phi) is 6.86. The minimum Gasteiger partial charge on any atom is -0.352 e. The third-order valence-corrected chi connectivity index (χ3v) is 6.90. The van der Waals surface area contributed by atoms with E-state index >= 15 is 0 Å². The average molecular weight is 442 g/mol. The second-order valence-electron chi connectivity index (χ2n) is 9.41. The highest BCUT2D eigenvalue weighted by Gasteiger charge is 2.33. The standard InChI is InChI=1S/C23H31F4N3O/c24-20-11-18(10-19(12-20)23(25,26)27)22(31)28-13-16-5-8-29(9-6-16)15-21-2-1-7-30(21)14-17-3-4-17/h10-12,16-17,21H,1-9,13-15H2,(H,28,31)/t21-/m0/s1. The molecule has 2 saturated heterocycles. The molecule has 0 spiro atoms. The zero-order valence-electron chi connectivity index (χ0n) is 17.8. The highest BCUT2D eigenvalue weighted by molar-refractivity contribution is 5.94. The highest BCUT2D eigenvalue weighted by atomic mass is 19.4. The van der Waals surface area contributed by atoms with Crippen molar-refractivity contribution < 1.29 is 22.4 Å². The molecule has 1 amide bonds. The van der Waals surface area contributed by atoms with Crippen molar-refractivity contribution in [1.82, 2.24) is 15.1 Å². The number of hydrogen-bond donors (Lipinski definition) is 1. The van der Waals surface area contributed by atoms with Gasteiger partial charge >= 0.3 is 6.18 Å². The van der Waals surface area contributed by atoms with Crippen LogP contribution in [0.3, 0.4) is 0 Å². The number of carbonyl (C=O) groups excluding carboxylic acids is 1. The number of carbonyl (C=O) groups is 1. The lowest BCUT2D eigenvalue weighted by atomic mass is 9.96. The molecule has 1 aliphatic carbocycles. The second kappa shape index (κ2) is 9.45.